The van der Waals surface area contributed by atoms with E-state index in [1.54, 1.807) is 11.3 Å². The molecule has 2 heterocycles. The Balaban J connectivity index is 1.87. The second-order valence-corrected chi connectivity index (χ2v) is 7.37. The fraction of sp³-hybridized carbons (Fsp3) is 0.571. The summed E-state index contributed by atoms with van der Waals surface area (Å²) in [7, 11) is 0. The summed E-state index contributed by atoms with van der Waals surface area (Å²) in [6.07, 6.45) is 6.55. The first kappa shape index (κ1) is 14.1. The van der Waals surface area contributed by atoms with Gasteiger partial charge in [0, 0.05) is 16.0 Å². The van der Waals surface area contributed by atoms with E-state index in [9.17, 15) is 0 Å². The number of thioether (sulfide) groups is 1. The number of hydrogen-bond acceptors (Lipinski definition) is 6. The number of nitrogens with zero attached hydrogens (tertiary/aromatic N) is 2. The zero-order valence-electron chi connectivity index (χ0n) is 11.7. The van der Waals surface area contributed by atoms with Crippen LogP contribution in [0.5, 0.6) is 0 Å². The zero-order chi connectivity index (χ0) is 13.9. The Bertz CT molecular complexity index is 590. The van der Waals surface area contributed by atoms with Crippen molar-refractivity contribution < 1.29 is 0 Å². The minimum Gasteiger partial charge on any atom is -0.292 e. The molecule has 1 fully saturated rings. The third-order valence-electron chi connectivity index (χ3n) is 3.82. The summed E-state index contributed by atoms with van der Waals surface area (Å²) in [6.45, 7) is 2.17. The van der Waals surface area contributed by atoms with Crippen LogP contribution in [-0.2, 0) is 6.42 Å². The van der Waals surface area contributed by atoms with Gasteiger partial charge in [-0.1, -0.05) is 19.8 Å². The molecule has 20 heavy (non-hydrogen) atoms. The summed E-state index contributed by atoms with van der Waals surface area (Å²) in [6, 6.07) is 2.23. The lowest BCUT2D eigenvalue weighted by molar-refractivity contribution is 0.623. The molecule has 2 aromatic heterocycles. The monoisotopic (exact) mass is 308 g/mol. The SMILES string of the molecule is CCc1cc2c(SCC3CCCC3)nc(NN)nc2s1. The average molecular weight is 308 g/mol. The van der Waals surface area contributed by atoms with Crippen molar-refractivity contribution in [2.45, 2.75) is 44.1 Å². The molecule has 0 unspecified atom stereocenters. The molecule has 108 valence electrons. The molecule has 0 radical (unpaired) electrons. The van der Waals surface area contributed by atoms with E-state index in [2.05, 4.69) is 28.4 Å². The van der Waals surface area contributed by atoms with Crippen LogP contribution >= 0.6 is 23.1 Å². The Kier molecular flexibility index (Phi) is 4.43. The topological polar surface area (TPSA) is 63.8 Å². The van der Waals surface area contributed by atoms with Gasteiger partial charge in [0.05, 0.1) is 0 Å². The van der Waals surface area contributed by atoms with Crippen molar-refractivity contribution in [2.75, 3.05) is 11.2 Å². The standard InChI is InChI=1S/C14H20N4S2/c1-2-10-7-11-12(19-8-9-5-3-4-6-9)16-14(18-15)17-13(11)20-10/h7,9H,2-6,8,15H2,1H3,(H,16,17,18). The molecule has 4 nitrogen and oxygen atoms in total. The maximum atomic E-state index is 5.49. The molecule has 0 saturated heterocycles. The quantitative estimate of drug-likeness (QED) is 0.380. The van der Waals surface area contributed by atoms with Gasteiger partial charge in [0.25, 0.3) is 0 Å². The first-order valence-electron chi connectivity index (χ1n) is 7.20. The minimum atomic E-state index is 0.524. The second-order valence-electron chi connectivity index (χ2n) is 5.24. The van der Waals surface area contributed by atoms with E-state index in [4.69, 9.17) is 5.84 Å². The van der Waals surface area contributed by atoms with Crippen LogP contribution in [0.15, 0.2) is 11.1 Å². The first-order chi connectivity index (χ1) is 9.80. The molecule has 1 aliphatic rings. The van der Waals surface area contributed by atoms with Gasteiger partial charge in [0.1, 0.15) is 9.86 Å². The van der Waals surface area contributed by atoms with Crippen molar-refractivity contribution in [3.63, 3.8) is 0 Å². The predicted molar refractivity (Wildman–Crippen MR) is 87.3 cm³/mol. The lowest BCUT2D eigenvalue weighted by atomic mass is 10.1. The van der Waals surface area contributed by atoms with Gasteiger partial charge in [-0.05, 0) is 31.2 Å². The van der Waals surface area contributed by atoms with Crippen molar-refractivity contribution >= 4 is 39.3 Å². The van der Waals surface area contributed by atoms with Crippen LogP contribution in [-0.4, -0.2) is 15.7 Å². The van der Waals surface area contributed by atoms with E-state index in [0.29, 0.717) is 5.95 Å². The van der Waals surface area contributed by atoms with Crippen LogP contribution in [0.3, 0.4) is 0 Å². The summed E-state index contributed by atoms with van der Waals surface area (Å²) in [5.41, 5.74) is 2.59. The van der Waals surface area contributed by atoms with Crippen molar-refractivity contribution in [2.24, 2.45) is 11.8 Å². The number of rotatable bonds is 5. The van der Waals surface area contributed by atoms with Gasteiger partial charge in [0.15, 0.2) is 0 Å². The van der Waals surface area contributed by atoms with Gasteiger partial charge in [-0.3, -0.25) is 5.43 Å². The molecule has 0 bridgehead atoms. The minimum absolute atomic E-state index is 0.524. The summed E-state index contributed by atoms with van der Waals surface area (Å²) in [4.78, 5) is 11.4. The van der Waals surface area contributed by atoms with Gasteiger partial charge in [-0.25, -0.2) is 15.8 Å². The normalized spacial score (nSPS) is 16.1. The lowest BCUT2D eigenvalue weighted by Gasteiger charge is -2.09. The third kappa shape index (κ3) is 2.92. The number of anilines is 1. The summed E-state index contributed by atoms with van der Waals surface area (Å²) in [5, 5.41) is 2.26. The van der Waals surface area contributed by atoms with Gasteiger partial charge >= 0.3 is 0 Å². The third-order valence-corrected chi connectivity index (χ3v) is 6.21. The van der Waals surface area contributed by atoms with E-state index in [0.717, 1.165) is 27.9 Å². The second kappa shape index (κ2) is 6.28. The van der Waals surface area contributed by atoms with Crippen LogP contribution in [0.2, 0.25) is 0 Å². The highest BCUT2D eigenvalue weighted by molar-refractivity contribution is 7.99. The number of aromatic nitrogens is 2. The van der Waals surface area contributed by atoms with E-state index in [1.165, 1.54) is 35.9 Å². The molecule has 0 aromatic carbocycles. The number of fused-ring (bicyclic) bond motifs is 1. The maximum absolute atomic E-state index is 5.49. The first-order valence-corrected chi connectivity index (χ1v) is 9.00. The molecule has 0 aliphatic heterocycles. The van der Waals surface area contributed by atoms with Crippen LogP contribution < -0.4 is 11.3 Å². The Hall–Kier alpha value is -0.850. The van der Waals surface area contributed by atoms with Gasteiger partial charge < -0.3 is 0 Å². The Morgan fingerprint density at radius 2 is 2.20 bits per heavy atom. The highest BCUT2D eigenvalue weighted by Crippen LogP contribution is 2.36. The Morgan fingerprint density at radius 1 is 1.40 bits per heavy atom. The van der Waals surface area contributed by atoms with Gasteiger partial charge in [-0.2, -0.15) is 0 Å². The average Bonchev–Trinajstić information content (AvgIpc) is 3.12. The predicted octanol–water partition coefficient (Wildman–Crippen LogP) is 3.82. The van der Waals surface area contributed by atoms with Crippen molar-refractivity contribution in [1.82, 2.24) is 9.97 Å². The Labute approximate surface area is 127 Å². The molecular weight excluding hydrogens is 288 g/mol. The smallest absolute Gasteiger partial charge is 0.239 e. The van der Waals surface area contributed by atoms with E-state index >= 15 is 0 Å². The number of nitrogen functional groups attached to an aromatic ring is 1. The van der Waals surface area contributed by atoms with Gasteiger partial charge in [-0.15, -0.1) is 23.1 Å². The number of aryl methyl sites for hydroxylation is 1. The zero-order valence-corrected chi connectivity index (χ0v) is 13.3. The maximum Gasteiger partial charge on any atom is 0.239 e. The molecule has 3 N–H and O–H groups in total. The van der Waals surface area contributed by atoms with Crippen LogP contribution in [0.4, 0.5) is 5.95 Å². The van der Waals surface area contributed by atoms with Crippen LogP contribution in [0, 0.1) is 5.92 Å². The van der Waals surface area contributed by atoms with E-state index in [1.807, 2.05) is 11.8 Å². The van der Waals surface area contributed by atoms with Gasteiger partial charge in [0.2, 0.25) is 5.95 Å². The molecule has 1 saturated carbocycles. The number of nitrogens with two attached hydrogens (primary N) is 1. The highest BCUT2D eigenvalue weighted by Gasteiger charge is 2.17. The lowest BCUT2D eigenvalue weighted by Crippen LogP contribution is -2.10. The molecule has 3 rings (SSSR count). The number of hydrazine groups is 1. The molecule has 1 aliphatic carbocycles. The summed E-state index contributed by atoms with van der Waals surface area (Å²) < 4.78 is 0. The fourth-order valence-corrected chi connectivity index (χ4v) is 4.89. The summed E-state index contributed by atoms with van der Waals surface area (Å²) >= 11 is 3.60. The number of thiophene rings is 1. The largest absolute Gasteiger partial charge is 0.292 e. The summed E-state index contributed by atoms with van der Waals surface area (Å²) in [5.74, 6) is 8.02. The van der Waals surface area contributed by atoms with E-state index < -0.39 is 0 Å². The van der Waals surface area contributed by atoms with Crippen molar-refractivity contribution in [1.29, 1.82) is 0 Å². The molecule has 0 amide bonds. The fourth-order valence-electron chi connectivity index (χ4n) is 2.67. The van der Waals surface area contributed by atoms with Crippen molar-refractivity contribution in [3.05, 3.63) is 10.9 Å². The molecular formula is C14H20N4S2. The molecule has 6 heteroatoms. The molecule has 0 spiro atoms. The van der Waals surface area contributed by atoms with Crippen LogP contribution in [0.1, 0.15) is 37.5 Å². The molecule has 2 aromatic rings. The number of nitrogens with one attached hydrogen (secondary N) is 1. The van der Waals surface area contributed by atoms with Crippen LogP contribution in [0.25, 0.3) is 10.2 Å². The Morgan fingerprint density at radius 3 is 2.90 bits per heavy atom. The van der Waals surface area contributed by atoms with Crippen molar-refractivity contribution in [3.8, 4) is 0 Å². The van der Waals surface area contributed by atoms with E-state index in [-0.39, 0.29) is 0 Å². The molecule has 0 atom stereocenters. The number of hydrogen-bond donors (Lipinski definition) is 2. The highest BCUT2D eigenvalue weighted by atomic mass is 32.2.